The maximum Gasteiger partial charge on any atom is 0.348 e. The Morgan fingerprint density at radius 1 is 1.17 bits per heavy atom. The van der Waals surface area contributed by atoms with E-state index in [1.54, 1.807) is 13.0 Å². The number of rotatable bonds is 5. The van der Waals surface area contributed by atoms with Crippen molar-refractivity contribution < 1.29 is 19.0 Å². The van der Waals surface area contributed by atoms with Crippen molar-refractivity contribution in [1.29, 1.82) is 0 Å². The average molecular weight is 399 g/mol. The van der Waals surface area contributed by atoms with Crippen LogP contribution in [-0.4, -0.2) is 34.4 Å². The first-order valence-electron chi connectivity index (χ1n) is 9.88. The highest BCUT2D eigenvalue weighted by Crippen LogP contribution is 2.36. The molecule has 154 valence electrons. The van der Waals surface area contributed by atoms with Gasteiger partial charge in [0.25, 0.3) is 0 Å². The second kappa shape index (κ2) is 8.14. The number of benzene rings is 1. The van der Waals surface area contributed by atoms with Gasteiger partial charge in [0.1, 0.15) is 12.3 Å². The van der Waals surface area contributed by atoms with Gasteiger partial charge >= 0.3 is 5.69 Å². The van der Waals surface area contributed by atoms with Crippen LogP contribution >= 0.6 is 0 Å². The lowest BCUT2D eigenvalue weighted by molar-refractivity contribution is -0.122. The monoisotopic (exact) mass is 399 g/mol. The molecule has 1 aliphatic carbocycles. The van der Waals surface area contributed by atoms with Gasteiger partial charge in [0.15, 0.2) is 11.5 Å². The van der Waals surface area contributed by atoms with Crippen molar-refractivity contribution in [3.8, 4) is 17.2 Å². The third-order valence-corrected chi connectivity index (χ3v) is 5.33. The van der Waals surface area contributed by atoms with Gasteiger partial charge in [0, 0.05) is 23.5 Å². The standard InChI is InChI=1S/C21H25N3O5/c1-13-9-14(2)24(21(26)22-13)11-20(25)23-15-3-5-16(6-4-15)29-17-7-8-18-19(10-17)28-12-27-18/h7-10,15-16H,3-6,11-12H2,1-2H3,(H,23,25). The molecule has 0 unspecified atom stereocenters. The van der Waals surface area contributed by atoms with Gasteiger partial charge in [-0.25, -0.2) is 4.79 Å². The van der Waals surface area contributed by atoms with Gasteiger partial charge in [-0.2, -0.15) is 4.98 Å². The summed E-state index contributed by atoms with van der Waals surface area (Å²) in [5, 5.41) is 3.04. The van der Waals surface area contributed by atoms with E-state index in [2.05, 4.69) is 10.3 Å². The molecule has 2 aromatic rings. The number of hydrogen-bond acceptors (Lipinski definition) is 6. The predicted molar refractivity (Wildman–Crippen MR) is 105 cm³/mol. The molecule has 0 bridgehead atoms. The molecular weight excluding hydrogens is 374 g/mol. The van der Waals surface area contributed by atoms with Crippen LogP contribution in [0.15, 0.2) is 29.1 Å². The van der Waals surface area contributed by atoms with Crippen molar-refractivity contribution in [2.75, 3.05) is 6.79 Å². The molecule has 29 heavy (non-hydrogen) atoms. The molecule has 1 fully saturated rings. The molecule has 1 aromatic heterocycles. The van der Waals surface area contributed by atoms with Gasteiger partial charge in [-0.3, -0.25) is 9.36 Å². The first kappa shape index (κ1) is 19.3. The molecule has 1 aliphatic heterocycles. The van der Waals surface area contributed by atoms with Crippen LogP contribution in [-0.2, 0) is 11.3 Å². The van der Waals surface area contributed by atoms with E-state index in [1.807, 2.05) is 25.1 Å². The SMILES string of the molecule is Cc1cc(C)n(CC(=O)NC2CCC(Oc3ccc4c(c3)OCO4)CC2)c(=O)n1. The average Bonchev–Trinajstić information content (AvgIpc) is 3.14. The van der Waals surface area contributed by atoms with Crippen LogP contribution in [0.2, 0.25) is 0 Å². The zero-order valence-electron chi connectivity index (χ0n) is 16.6. The quantitative estimate of drug-likeness (QED) is 0.828. The number of nitrogens with one attached hydrogen (secondary N) is 1. The van der Waals surface area contributed by atoms with Crippen molar-refractivity contribution in [3.05, 3.63) is 46.1 Å². The summed E-state index contributed by atoms with van der Waals surface area (Å²) >= 11 is 0. The summed E-state index contributed by atoms with van der Waals surface area (Å²) in [7, 11) is 0. The van der Waals surface area contributed by atoms with E-state index in [0.29, 0.717) is 11.4 Å². The summed E-state index contributed by atoms with van der Waals surface area (Å²) in [6.07, 6.45) is 3.48. The smallest absolute Gasteiger partial charge is 0.348 e. The minimum Gasteiger partial charge on any atom is -0.490 e. The Labute approximate surface area is 168 Å². The van der Waals surface area contributed by atoms with E-state index in [4.69, 9.17) is 14.2 Å². The van der Waals surface area contributed by atoms with Gasteiger partial charge in [-0.1, -0.05) is 0 Å². The number of aryl methyl sites for hydroxylation is 2. The number of hydrogen-bond donors (Lipinski definition) is 1. The fourth-order valence-corrected chi connectivity index (χ4v) is 3.85. The highest BCUT2D eigenvalue weighted by molar-refractivity contribution is 5.76. The molecule has 0 spiro atoms. The van der Waals surface area contributed by atoms with Gasteiger partial charge in [0.2, 0.25) is 12.7 Å². The lowest BCUT2D eigenvalue weighted by Gasteiger charge is -2.29. The number of amides is 1. The molecule has 1 saturated carbocycles. The molecule has 4 rings (SSSR count). The van der Waals surface area contributed by atoms with E-state index in [-0.39, 0.29) is 31.4 Å². The first-order valence-corrected chi connectivity index (χ1v) is 9.88. The van der Waals surface area contributed by atoms with E-state index >= 15 is 0 Å². The summed E-state index contributed by atoms with van der Waals surface area (Å²) in [5.41, 5.74) is 1.00. The molecule has 1 aromatic carbocycles. The van der Waals surface area contributed by atoms with Crippen molar-refractivity contribution in [1.82, 2.24) is 14.9 Å². The molecule has 0 saturated heterocycles. The summed E-state index contributed by atoms with van der Waals surface area (Å²) in [6, 6.07) is 7.48. The lowest BCUT2D eigenvalue weighted by Crippen LogP contribution is -2.42. The van der Waals surface area contributed by atoms with Gasteiger partial charge in [-0.15, -0.1) is 0 Å². The highest BCUT2D eigenvalue weighted by atomic mass is 16.7. The first-order chi connectivity index (χ1) is 14.0. The Balaban J connectivity index is 1.27. The van der Waals surface area contributed by atoms with Crippen LogP contribution in [0.1, 0.15) is 37.1 Å². The fourth-order valence-electron chi connectivity index (χ4n) is 3.85. The molecular formula is C21H25N3O5. The molecule has 2 heterocycles. The van der Waals surface area contributed by atoms with Crippen molar-refractivity contribution in [2.45, 2.75) is 58.2 Å². The molecule has 1 amide bonds. The minimum atomic E-state index is -0.390. The zero-order valence-corrected chi connectivity index (χ0v) is 16.6. The number of aromatic nitrogens is 2. The number of carbonyl (C=O) groups is 1. The van der Waals surface area contributed by atoms with Crippen molar-refractivity contribution in [2.24, 2.45) is 0 Å². The van der Waals surface area contributed by atoms with E-state index in [0.717, 1.165) is 42.9 Å². The largest absolute Gasteiger partial charge is 0.490 e. The van der Waals surface area contributed by atoms with Crippen LogP contribution in [0.4, 0.5) is 0 Å². The second-order valence-electron chi connectivity index (χ2n) is 7.58. The summed E-state index contributed by atoms with van der Waals surface area (Å²) in [4.78, 5) is 28.3. The Morgan fingerprint density at radius 3 is 2.69 bits per heavy atom. The maximum atomic E-state index is 12.4. The third-order valence-electron chi connectivity index (χ3n) is 5.33. The molecule has 8 nitrogen and oxygen atoms in total. The van der Waals surface area contributed by atoms with Crippen LogP contribution in [0.5, 0.6) is 17.2 Å². The summed E-state index contributed by atoms with van der Waals surface area (Å²) < 4.78 is 18.2. The molecule has 2 aliphatic rings. The number of ether oxygens (including phenoxy) is 3. The molecule has 0 radical (unpaired) electrons. The summed E-state index contributed by atoms with van der Waals surface area (Å²) in [6.45, 7) is 3.81. The Kier molecular flexibility index (Phi) is 5.42. The molecule has 8 heteroatoms. The van der Waals surface area contributed by atoms with Gasteiger partial charge < -0.3 is 19.5 Å². The highest BCUT2D eigenvalue weighted by Gasteiger charge is 2.24. The van der Waals surface area contributed by atoms with E-state index in [9.17, 15) is 9.59 Å². The molecule has 0 atom stereocenters. The fraction of sp³-hybridized carbons (Fsp3) is 0.476. The van der Waals surface area contributed by atoms with E-state index in [1.165, 1.54) is 4.57 Å². The molecule has 1 N–H and O–H groups in total. The van der Waals surface area contributed by atoms with Gasteiger partial charge in [-0.05, 0) is 57.7 Å². The minimum absolute atomic E-state index is 0.00836. The normalized spacial score (nSPS) is 20.3. The van der Waals surface area contributed by atoms with Crippen molar-refractivity contribution >= 4 is 5.91 Å². The van der Waals surface area contributed by atoms with Crippen LogP contribution in [0, 0.1) is 13.8 Å². The zero-order chi connectivity index (χ0) is 20.4. The van der Waals surface area contributed by atoms with E-state index < -0.39 is 5.69 Å². The Morgan fingerprint density at radius 2 is 1.93 bits per heavy atom. The number of carbonyl (C=O) groups excluding carboxylic acids is 1. The Hall–Kier alpha value is -3.03. The van der Waals surface area contributed by atoms with Crippen LogP contribution in [0.25, 0.3) is 0 Å². The number of fused-ring (bicyclic) bond motifs is 1. The van der Waals surface area contributed by atoms with Crippen LogP contribution in [0.3, 0.4) is 0 Å². The second-order valence-corrected chi connectivity index (χ2v) is 7.58. The maximum absolute atomic E-state index is 12.4. The van der Waals surface area contributed by atoms with Crippen LogP contribution < -0.4 is 25.2 Å². The number of nitrogens with zero attached hydrogens (tertiary/aromatic N) is 2. The van der Waals surface area contributed by atoms with Gasteiger partial charge in [0.05, 0.1) is 6.10 Å². The topological polar surface area (TPSA) is 91.7 Å². The Bertz CT molecular complexity index is 963. The third kappa shape index (κ3) is 4.52. The van der Waals surface area contributed by atoms with Crippen molar-refractivity contribution in [3.63, 3.8) is 0 Å². The predicted octanol–water partition coefficient (Wildman–Crippen LogP) is 2.10. The summed E-state index contributed by atoms with van der Waals surface area (Å²) in [5.74, 6) is 2.05. The lowest BCUT2D eigenvalue weighted by atomic mass is 9.93.